The monoisotopic (exact) mass is 567 g/mol. The summed E-state index contributed by atoms with van der Waals surface area (Å²) in [5.74, 6) is 1.39. The third-order valence-electron chi connectivity index (χ3n) is 6.80. The van der Waals surface area contributed by atoms with Crippen LogP contribution in [0.5, 0.6) is 0 Å². The van der Waals surface area contributed by atoms with Crippen molar-refractivity contribution in [2.45, 2.75) is 91.1 Å². The van der Waals surface area contributed by atoms with Gasteiger partial charge < -0.3 is 13.8 Å². The summed E-state index contributed by atoms with van der Waals surface area (Å²) in [5, 5.41) is 12.0. The molecule has 0 radical (unpaired) electrons. The van der Waals surface area contributed by atoms with Gasteiger partial charge in [0.25, 0.3) is 0 Å². The van der Waals surface area contributed by atoms with Gasteiger partial charge in [0.1, 0.15) is 29.1 Å². The Balaban J connectivity index is 1.81. The molecule has 0 saturated heterocycles. The fraction of sp³-hybridized carbons (Fsp3) is 0.500. The summed E-state index contributed by atoms with van der Waals surface area (Å²) in [6.07, 6.45) is 2.85. The van der Waals surface area contributed by atoms with E-state index >= 15 is 0 Å². The second kappa shape index (κ2) is 11.9. The first-order valence-electron chi connectivity index (χ1n) is 13.4. The van der Waals surface area contributed by atoms with Gasteiger partial charge in [-0.15, -0.1) is 10.2 Å². The van der Waals surface area contributed by atoms with Crippen LogP contribution >= 0.6 is 0 Å². The lowest BCUT2D eigenvalue weighted by molar-refractivity contribution is 0.00140. The van der Waals surface area contributed by atoms with Crippen molar-refractivity contribution >= 4 is 9.84 Å². The number of nitrogens with zero attached hydrogens (tertiary/aromatic N) is 7. The van der Waals surface area contributed by atoms with E-state index in [1.807, 2.05) is 71.2 Å². The van der Waals surface area contributed by atoms with Crippen molar-refractivity contribution in [1.82, 2.24) is 34.9 Å². The first kappa shape index (κ1) is 29.5. The summed E-state index contributed by atoms with van der Waals surface area (Å²) in [6.45, 7) is 14.8. The zero-order valence-corrected chi connectivity index (χ0v) is 25.1. The van der Waals surface area contributed by atoms with Crippen LogP contribution in [-0.4, -0.2) is 54.6 Å². The largest absolute Gasteiger partial charge is 0.366 e. The van der Waals surface area contributed by atoms with Gasteiger partial charge in [0, 0.05) is 23.7 Å². The number of rotatable bonds is 11. The molecule has 0 spiro atoms. The molecule has 0 aliphatic rings. The van der Waals surface area contributed by atoms with Crippen LogP contribution in [0.3, 0.4) is 0 Å². The van der Waals surface area contributed by atoms with Gasteiger partial charge in [0.15, 0.2) is 21.5 Å². The maximum atomic E-state index is 14.0. The van der Waals surface area contributed by atoms with Crippen LogP contribution in [0.15, 0.2) is 35.1 Å². The van der Waals surface area contributed by atoms with E-state index < -0.39 is 21.2 Å². The van der Waals surface area contributed by atoms with Gasteiger partial charge in [-0.2, -0.15) is 0 Å². The van der Waals surface area contributed by atoms with Crippen LogP contribution < -0.4 is 0 Å². The third-order valence-corrected chi connectivity index (χ3v) is 8.84. The number of ether oxygens (including phenoxy) is 1. The molecule has 4 aromatic rings. The van der Waals surface area contributed by atoms with E-state index in [1.165, 1.54) is 0 Å². The van der Waals surface area contributed by atoms with Crippen LogP contribution in [0.25, 0.3) is 11.5 Å². The maximum Gasteiger partial charge on any atom is 0.183 e. The van der Waals surface area contributed by atoms with Crippen molar-refractivity contribution in [2.24, 2.45) is 0 Å². The van der Waals surface area contributed by atoms with E-state index in [2.05, 4.69) is 30.3 Å². The summed E-state index contributed by atoms with van der Waals surface area (Å²) < 4.78 is 41.4. The SMILES string of the molecule is CC[C@H](c1c(C)noc1C)n1c(CS(=O)(=O)[C@@H](C)[C@@H](OC(C)C)c2ncc(C)cn2)nnc1-c1cccc(C)n1. The van der Waals surface area contributed by atoms with Crippen molar-refractivity contribution < 1.29 is 17.7 Å². The number of hydrogen-bond donors (Lipinski definition) is 0. The Morgan fingerprint density at radius 1 is 1.02 bits per heavy atom. The van der Waals surface area contributed by atoms with Gasteiger partial charge in [-0.3, -0.25) is 0 Å². The normalized spacial score (nSPS) is 14.4. The lowest BCUT2D eigenvalue weighted by Crippen LogP contribution is -2.32. The molecule has 40 heavy (non-hydrogen) atoms. The predicted molar refractivity (Wildman–Crippen MR) is 150 cm³/mol. The van der Waals surface area contributed by atoms with Gasteiger partial charge in [0.05, 0.1) is 23.1 Å². The van der Waals surface area contributed by atoms with E-state index in [-0.39, 0.29) is 17.9 Å². The molecule has 3 atom stereocenters. The molecule has 0 amide bonds. The first-order valence-corrected chi connectivity index (χ1v) is 15.1. The van der Waals surface area contributed by atoms with Crippen molar-refractivity contribution in [3.8, 4) is 11.5 Å². The van der Waals surface area contributed by atoms with Gasteiger partial charge in [-0.05, 0) is 72.6 Å². The Labute approximate surface area is 235 Å². The van der Waals surface area contributed by atoms with E-state index in [4.69, 9.17) is 9.26 Å². The second-order valence-electron chi connectivity index (χ2n) is 10.4. The molecule has 4 aromatic heterocycles. The highest BCUT2D eigenvalue weighted by atomic mass is 32.2. The Morgan fingerprint density at radius 2 is 1.73 bits per heavy atom. The summed E-state index contributed by atoms with van der Waals surface area (Å²) >= 11 is 0. The topological polar surface area (TPSA) is 139 Å². The molecular formula is C28H37N7O4S. The van der Waals surface area contributed by atoms with E-state index in [0.717, 1.165) is 22.5 Å². The lowest BCUT2D eigenvalue weighted by atomic mass is 10.0. The maximum absolute atomic E-state index is 14.0. The van der Waals surface area contributed by atoms with E-state index in [0.29, 0.717) is 35.3 Å². The Kier molecular flexibility index (Phi) is 8.79. The number of pyridine rings is 1. The number of aryl methyl sites for hydroxylation is 4. The summed E-state index contributed by atoms with van der Waals surface area (Å²) in [4.78, 5) is 13.4. The molecule has 0 bridgehead atoms. The molecule has 0 aliphatic carbocycles. The number of hydrogen-bond acceptors (Lipinski definition) is 10. The zero-order valence-electron chi connectivity index (χ0n) is 24.3. The molecule has 0 fully saturated rings. The Hall–Kier alpha value is -3.51. The van der Waals surface area contributed by atoms with Crippen LogP contribution in [-0.2, 0) is 20.3 Å². The summed E-state index contributed by atoms with van der Waals surface area (Å²) in [6, 6.07) is 5.31. The number of sulfone groups is 1. The van der Waals surface area contributed by atoms with Crippen LogP contribution in [0.2, 0.25) is 0 Å². The Morgan fingerprint density at radius 3 is 2.30 bits per heavy atom. The van der Waals surface area contributed by atoms with Crippen LogP contribution in [0, 0.1) is 27.7 Å². The lowest BCUT2D eigenvalue weighted by Gasteiger charge is -2.26. The molecule has 11 nitrogen and oxygen atoms in total. The molecule has 4 rings (SSSR count). The molecule has 214 valence electrons. The Bertz CT molecular complexity index is 1540. The van der Waals surface area contributed by atoms with Gasteiger partial charge in [0.2, 0.25) is 0 Å². The molecule has 12 heteroatoms. The van der Waals surface area contributed by atoms with Gasteiger partial charge in [-0.1, -0.05) is 18.1 Å². The average molecular weight is 568 g/mol. The second-order valence-corrected chi connectivity index (χ2v) is 12.7. The molecule has 0 N–H and O–H groups in total. The third kappa shape index (κ3) is 6.12. The van der Waals surface area contributed by atoms with Crippen molar-refractivity contribution in [2.75, 3.05) is 0 Å². The molecule has 0 saturated carbocycles. The average Bonchev–Trinajstić information content (AvgIpc) is 3.46. The van der Waals surface area contributed by atoms with Crippen LogP contribution in [0.1, 0.15) is 86.2 Å². The zero-order chi connectivity index (χ0) is 29.2. The molecule has 0 aliphatic heterocycles. The standard InChI is InChI=1S/C28H37N7O4S/c1-9-23(25-19(6)34-39-20(25)7)35-24(32-33-28(35)22-12-10-11-18(5)31-22)15-40(36,37)21(8)26(38-16(2)3)27-29-13-17(4)14-30-27/h10-14,16,21,23,26H,9,15H2,1-8H3/t21-,23+,26+/m0/s1. The number of aromatic nitrogens is 7. The minimum Gasteiger partial charge on any atom is -0.366 e. The molecule has 4 heterocycles. The fourth-order valence-corrected chi connectivity index (χ4v) is 6.18. The van der Waals surface area contributed by atoms with Crippen molar-refractivity contribution in [1.29, 1.82) is 0 Å². The first-order chi connectivity index (χ1) is 18.9. The molecule has 0 aromatic carbocycles. The van der Waals surface area contributed by atoms with Crippen LogP contribution in [0.4, 0.5) is 0 Å². The van der Waals surface area contributed by atoms with Crippen molar-refractivity contribution in [3.05, 3.63) is 70.5 Å². The highest BCUT2D eigenvalue weighted by Crippen LogP contribution is 2.34. The van der Waals surface area contributed by atoms with E-state index in [1.54, 1.807) is 19.3 Å². The summed E-state index contributed by atoms with van der Waals surface area (Å²) in [5.41, 5.74) is 3.88. The molecular weight excluding hydrogens is 530 g/mol. The molecule has 0 unspecified atom stereocenters. The minimum absolute atomic E-state index is 0.237. The quantitative estimate of drug-likeness (QED) is 0.248. The van der Waals surface area contributed by atoms with Gasteiger partial charge in [-0.25, -0.2) is 23.4 Å². The summed E-state index contributed by atoms with van der Waals surface area (Å²) in [7, 11) is -3.83. The van der Waals surface area contributed by atoms with E-state index in [9.17, 15) is 8.42 Å². The predicted octanol–water partition coefficient (Wildman–Crippen LogP) is 4.82. The fourth-order valence-electron chi connectivity index (χ4n) is 4.80. The highest BCUT2D eigenvalue weighted by molar-refractivity contribution is 7.91. The van der Waals surface area contributed by atoms with Crippen molar-refractivity contribution in [3.63, 3.8) is 0 Å². The highest BCUT2D eigenvalue weighted by Gasteiger charge is 2.37. The minimum atomic E-state index is -3.83. The smallest absolute Gasteiger partial charge is 0.183 e. The van der Waals surface area contributed by atoms with Gasteiger partial charge >= 0.3 is 0 Å².